The summed E-state index contributed by atoms with van der Waals surface area (Å²) >= 11 is 6.47. The van der Waals surface area contributed by atoms with Crippen LogP contribution in [-0.4, -0.2) is 35.1 Å². The molecule has 51 heavy (non-hydrogen) atoms. The summed E-state index contributed by atoms with van der Waals surface area (Å²) in [7, 11) is 0. The van der Waals surface area contributed by atoms with Crippen LogP contribution in [0.25, 0.3) is 5.57 Å². The highest BCUT2D eigenvalue weighted by Crippen LogP contribution is 2.64. The van der Waals surface area contributed by atoms with Gasteiger partial charge in [-0.3, -0.25) is 19.2 Å². The molecule has 0 radical (unpaired) electrons. The van der Waals surface area contributed by atoms with Crippen molar-refractivity contribution in [3.63, 3.8) is 0 Å². The molecule has 4 aromatic carbocycles. The Labute approximate surface area is 301 Å². The lowest BCUT2D eigenvalue weighted by atomic mass is 9.44. The van der Waals surface area contributed by atoms with E-state index in [-0.39, 0.29) is 41.3 Å². The molecular weight excluding hydrogens is 662 g/mol. The third-order valence-corrected chi connectivity index (χ3v) is 11.8. The largest absolute Gasteiger partial charge is 0.504 e. The van der Waals surface area contributed by atoms with Gasteiger partial charge in [0.15, 0.2) is 23.1 Å². The number of amides is 2. The van der Waals surface area contributed by atoms with Gasteiger partial charge < -0.3 is 9.84 Å². The highest BCUT2D eigenvalue weighted by atomic mass is 35.5. The molecule has 0 aromatic heterocycles. The highest BCUT2D eigenvalue weighted by Gasteiger charge is 2.66. The Hall–Kier alpha value is -5.27. The highest BCUT2D eigenvalue weighted by molar-refractivity contribution is 6.33. The van der Waals surface area contributed by atoms with Crippen molar-refractivity contribution < 1.29 is 29.0 Å². The van der Waals surface area contributed by atoms with E-state index in [0.717, 1.165) is 11.1 Å². The van der Waals surface area contributed by atoms with Crippen LogP contribution in [0.3, 0.4) is 0 Å². The Balaban J connectivity index is 1.36. The molecule has 8 rings (SSSR count). The summed E-state index contributed by atoms with van der Waals surface area (Å²) in [5, 5.41) is 11.2. The van der Waals surface area contributed by atoms with Crippen LogP contribution in [-0.2, 0) is 24.6 Å². The number of ether oxygens (including phenoxy) is 1. The quantitative estimate of drug-likeness (QED) is 0.163. The second-order valence-electron chi connectivity index (χ2n) is 13.9. The number of carbonyl (C=O) groups excluding carboxylic acids is 4. The van der Waals surface area contributed by atoms with Gasteiger partial charge in [-0.05, 0) is 85.2 Å². The van der Waals surface area contributed by atoms with Crippen LogP contribution in [0.2, 0.25) is 5.02 Å². The van der Waals surface area contributed by atoms with Crippen molar-refractivity contribution in [1.82, 2.24) is 0 Å². The van der Waals surface area contributed by atoms with E-state index in [4.69, 9.17) is 16.3 Å². The van der Waals surface area contributed by atoms with Gasteiger partial charge in [0.05, 0.1) is 29.5 Å². The number of imide groups is 1. The molecule has 4 aromatic rings. The number of aryl methyl sites for hydroxylation is 1. The van der Waals surface area contributed by atoms with E-state index in [0.29, 0.717) is 46.0 Å². The average Bonchev–Trinajstić information content (AvgIpc) is 3.40. The van der Waals surface area contributed by atoms with Crippen molar-refractivity contribution in [1.29, 1.82) is 0 Å². The fourth-order valence-corrected chi connectivity index (χ4v) is 9.38. The maximum Gasteiger partial charge on any atom is 0.238 e. The summed E-state index contributed by atoms with van der Waals surface area (Å²) in [6.45, 7) is 3.99. The average molecular weight is 698 g/mol. The molecule has 256 valence electrons. The first-order valence-electron chi connectivity index (χ1n) is 17.4. The van der Waals surface area contributed by atoms with E-state index in [1.165, 1.54) is 11.0 Å². The van der Waals surface area contributed by atoms with Gasteiger partial charge in [-0.15, -0.1) is 0 Å². The maximum absolute atomic E-state index is 15.2. The smallest absolute Gasteiger partial charge is 0.238 e. The summed E-state index contributed by atoms with van der Waals surface area (Å²) in [6, 6.07) is 28.9. The Kier molecular flexibility index (Phi) is 8.06. The number of ketones is 2. The Bertz CT molecular complexity index is 2180. The summed E-state index contributed by atoms with van der Waals surface area (Å²) in [6.07, 6.45) is 4.02. The molecular formula is C43H36ClNO6. The predicted molar refractivity (Wildman–Crippen MR) is 195 cm³/mol. The maximum atomic E-state index is 15.2. The summed E-state index contributed by atoms with van der Waals surface area (Å²) in [4.78, 5) is 60.2. The number of fused-ring (bicyclic) bond motifs is 4. The zero-order valence-electron chi connectivity index (χ0n) is 28.2. The van der Waals surface area contributed by atoms with Gasteiger partial charge >= 0.3 is 0 Å². The van der Waals surface area contributed by atoms with E-state index in [1.54, 1.807) is 36.4 Å². The normalized spacial score (nSPS) is 27.0. The minimum Gasteiger partial charge on any atom is -0.504 e. The SMILES string of the molecule is CCOc1cc(C2C3=CCC4C(=O)N(c5ccc(C)c(Cl)c5)C(=O)C4C3CC3C(=O)C(c4ccccc4)=CC(=O)C32c2ccccc2)ccc1O. The van der Waals surface area contributed by atoms with Crippen LogP contribution in [0.1, 0.15) is 47.9 Å². The van der Waals surface area contributed by atoms with Gasteiger partial charge in [-0.2, -0.15) is 0 Å². The molecule has 0 spiro atoms. The molecule has 6 unspecified atom stereocenters. The first-order chi connectivity index (χ1) is 24.7. The number of anilines is 1. The summed E-state index contributed by atoms with van der Waals surface area (Å²) < 4.78 is 5.83. The first-order valence-corrected chi connectivity index (χ1v) is 17.8. The zero-order valence-corrected chi connectivity index (χ0v) is 29.0. The third-order valence-electron chi connectivity index (χ3n) is 11.4. The van der Waals surface area contributed by atoms with Crippen molar-refractivity contribution in [3.05, 3.63) is 142 Å². The lowest BCUT2D eigenvalue weighted by Crippen LogP contribution is -2.58. The second-order valence-corrected chi connectivity index (χ2v) is 14.3. The number of hydrogen-bond acceptors (Lipinski definition) is 6. The monoisotopic (exact) mass is 697 g/mol. The molecule has 1 heterocycles. The van der Waals surface area contributed by atoms with Gasteiger partial charge in [-0.1, -0.05) is 96.0 Å². The number of phenols is 1. The standard InChI is InChI=1S/C43H36ClNO6/c1-3-51-36-20-26(15-19-35(36)46)39-29-17-18-30-38(42(50)45(41(30)49)28-16-14-24(2)34(44)21-28)32(29)22-33-40(48)31(25-10-6-4-7-11-25)23-37(47)43(33,39)27-12-8-5-9-13-27/h4-17,19-21,23,30,32-33,38-39,46H,3,18,22H2,1-2H3. The van der Waals surface area contributed by atoms with E-state index in [2.05, 4.69) is 0 Å². The molecule has 2 amide bonds. The number of rotatable bonds is 6. The molecule has 3 aliphatic carbocycles. The number of hydrogen-bond donors (Lipinski definition) is 1. The van der Waals surface area contributed by atoms with Gasteiger partial charge in [0.25, 0.3) is 0 Å². The third kappa shape index (κ3) is 4.93. The van der Waals surface area contributed by atoms with Gasteiger partial charge in [0, 0.05) is 22.4 Å². The number of allylic oxidation sites excluding steroid dienone is 4. The number of benzene rings is 4. The van der Waals surface area contributed by atoms with Crippen LogP contribution in [0.15, 0.2) is 115 Å². The lowest BCUT2D eigenvalue weighted by molar-refractivity contribution is -0.135. The van der Waals surface area contributed by atoms with E-state index in [9.17, 15) is 14.7 Å². The fraction of sp³-hybridized carbons (Fsp3) is 0.256. The van der Waals surface area contributed by atoms with E-state index < -0.39 is 35.0 Å². The number of carbonyl (C=O) groups is 4. The molecule has 1 N–H and O–H groups in total. The summed E-state index contributed by atoms with van der Waals surface area (Å²) in [5.41, 5.74) is 3.07. The van der Waals surface area contributed by atoms with Gasteiger partial charge in [0.1, 0.15) is 0 Å². The zero-order chi connectivity index (χ0) is 35.6. The molecule has 6 atom stereocenters. The number of Topliss-reactive ketones (excluding diaryl/α,β-unsaturated/α-hetero) is 1. The van der Waals surface area contributed by atoms with Crippen molar-refractivity contribution in [2.75, 3.05) is 11.5 Å². The van der Waals surface area contributed by atoms with Crippen LogP contribution >= 0.6 is 11.6 Å². The van der Waals surface area contributed by atoms with Crippen molar-refractivity contribution in [3.8, 4) is 11.5 Å². The summed E-state index contributed by atoms with van der Waals surface area (Å²) in [5.74, 6) is -4.27. The minimum absolute atomic E-state index is 0.0442. The van der Waals surface area contributed by atoms with Crippen LogP contribution < -0.4 is 9.64 Å². The van der Waals surface area contributed by atoms with Gasteiger partial charge in [0.2, 0.25) is 11.8 Å². The first kappa shape index (κ1) is 32.9. The molecule has 8 heteroatoms. The topological polar surface area (TPSA) is 101 Å². The molecule has 1 saturated carbocycles. The van der Waals surface area contributed by atoms with E-state index >= 15 is 9.59 Å². The minimum atomic E-state index is -1.37. The van der Waals surface area contributed by atoms with Crippen LogP contribution in [0.4, 0.5) is 5.69 Å². The number of phenolic OH excluding ortho intramolecular Hbond substituents is 1. The van der Waals surface area contributed by atoms with Gasteiger partial charge in [-0.25, -0.2) is 4.90 Å². The Morgan fingerprint density at radius 2 is 1.61 bits per heavy atom. The van der Waals surface area contributed by atoms with Crippen molar-refractivity contribution >= 4 is 46.2 Å². The number of halogens is 1. The molecule has 2 fully saturated rings. The molecule has 1 saturated heterocycles. The van der Waals surface area contributed by atoms with E-state index in [1.807, 2.05) is 80.6 Å². The van der Waals surface area contributed by atoms with Crippen molar-refractivity contribution in [2.45, 2.75) is 38.0 Å². The lowest BCUT2D eigenvalue weighted by Gasteiger charge is -2.55. The second kappa shape index (κ2) is 12.5. The van der Waals surface area contributed by atoms with Crippen LogP contribution in [0.5, 0.6) is 11.5 Å². The molecule has 0 bridgehead atoms. The molecule has 4 aliphatic rings. The van der Waals surface area contributed by atoms with Crippen LogP contribution in [0, 0.1) is 30.6 Å². The number of nitrogens with zero attached hydrogens (tertiary/aromatic N) is 1. The Morgan fingerprint density at radius 1 is 0.882 bits per heavy atom. The van der Waals surface area contributed by atoms with Crippen molar-refractivity contribution in [2.24, 2.45) is 23.7 Å². The molecule has 7 nitrogen and oxygen atoms in total. The number of aromatic hydroxyl groups is 1. The molecule has 1 aliphatic heterocycles. The Morgan fingerprint density at radius 3 is 2.31 bits per heavy atom. The fourth-order valence-electron chi connectivity index (χ4n) is 9.21. The predicted octanol–water partition coefficient (Wildman–Crippen LogP) is 7.78.